The van der Waals surface area contributed by atoms with Gasteiger partial charge in [0, 0.05) is 22.5 Å². The van der Waals surface area contributed by atoms with Crippen molar-refractivity contribution in [1.82, 2.24) is 9.78 Å². The smallest absolute Gasteiger partial charge is 0.338 e. The van der Waals surface area contributed by atoms with Crippen molar-refractivity contribution in [2.45, 2.75) is 11.9 Å². The molecule has 100 valence electrons. The number of alkyl halides is 1. The molecule has 0 aliphatic carbocycles. The first-order valence-electron chi connectivity index (χ1n) is 5.60. The van der Waals surface area contributed by atoms with Crippen molar-refractivity contribution in [2.24, 2.45) is 7.05 Å². The summed E-state index contributed by atoms with van der Waals surface area (Å²) in [5, 5.41) is 4.98. The predicted molar refractivity (Wildman–Crippen MR) is 79.1 cm³/mol. The summed E-state index contributed by atoms with van der Waals surface area (Å²) in [6.45, 7) is 0.176. The first kappa shape index (κ1) is 14.3. The summed E-state index contributed by atoms with van der Waals surface area (Å²) in [5.74, 6) is -0.349. The van der Waals surface area contributed by atoms with E-state index in [9.17, 15) is 4.79 Å². The van der Waals surface area contributed by atoms with Gasteiger partial charge in [0.05, 0.1) is 5.56 Å². The quantitative estimate of drug-likeness (QED) is 0.596. The Hall–Kier alpha value is -1.14. The molecule has 0 saturated carbocycles. The van der Waals surface area contributed by atoms with Crippen LogP contribution in [0.4, 0.5) is 0 Å². The molecule has 0 amide bonds. The molecule has 0 unspecified atom stereocenters. The lowest BCUT2D eigenvalue weighted by molar-refractivity contribution is 0.0467. The van der Waals surface area contributed by atoms with Crippen LogP contribution in [0.3, 0.4) is 0 Å². The number of aromatic nitrogens is 2. The van der Waals surface area contributed by atoms with Crippen LogP contribution in [0.25, 0.3) is 0 Å². The lowest BCUT2D eigenvalue weighted by atomic mass is 10.2. The molecule has 6 heteroatoms. The predicted octanol–water partition coefficient (Wildman–Crippen LogP) is 3.43. The van der Waals surface area contributed by atoms with Crippen molar-refractivity contribution in [3.63, 3.8) is 0 Å². The summed E-state index contributed by atoms with van der Waals surface area (Å²) >= 11 is 6.69. The van der Waals surface area contributed by atoms with Gasteiger partial charge in [-0.05, 0) is 30.3 Å². The molecule has 0 spiro atoms. The second-order valence-corrected chi connectivity index (χ2v) is 5.44. The minimum atomic E-state index is -0.349. The Morgan fingerprint density at radius 3 is 2.63 bits per heavy atom. The molecular weight excluding hydrogens is 376 g/mol. The van der Waals surface area contributed by atoms with E-state index in [1.807, 2.05) is 13.1 Å². The zero-order valence-corrected chi connectivity index (χ0v) is 13.4. The second kappa shape index (κ2) is 6.34. The van der Waals surface area contributed by atoms with Crippen LogP contribution in [-0.4, -0.2) is 15.7 Å². The molecule has 1 aromatic carbocycles. The van der Waals surface area contributed by atoms with Crippen molar-refractivity contribution >= 4 is 37.8 Å². The van der Waals surface area contributed by atoms with Gasteiger partial charge in [-0.25, -0.2) is 4.79 Å². The SMILES string of the molecule is Cn1nc(COC(=O)c2ccc(Br)cc2)cc1CBr. The molecule has 2 rings (SSSR count). The molecule has 0 saturated heterocycles. The molecule has 1 heterocycles. The fourth-order valence-electron chi connectivity index (χ4n) is 1.58. The van der Waals surface area contributed by atoms with Gasteiger partial charge >= 0.3 is 5.97 Å². The van der Waals surface area contributed by atoms with Crippen molar-refractivity contribution in [2.75, 3.05) is 0 Å². The molecule has 4 nitrogen and oxygen atoms in total. The Morgan fingerprint density at radius 1 is 1.37 bits per heavy atom. The fourth-order valence-corrected chi connectivity index (χ4v) is 2.37. The number of carbonyl (C=O) groups is 1. The van der Waals surface area contributed by atoms with E-state index in [2.05, 4.69) is 37.0 Å². The number of benzene rings is 1. The topological polar surface area (TPSA) is 44.1 Å². The van der Waals surface area contributed by atoms with E-state index in [-0.39, 0.29) is 12.6 Å². The highest BCUT2D eigenvalue weighted by molar-refractivity contribution is 9.10. The Kier molecular flexibility index (Phi) is 4.76. The molecule has 2 aromatic rings. The largest absolute Gasteiger partial charge is 0.456 e. The highest BCUT2D eigenvalue weighted by atomic mass is 79.9. The molecule has 0 aliphatic rings. The minimum absolute atomic E-state index is 0.176. The van der Waals surface area contributed by atoms with Crippen LogP contribution in [0.1, 0.15) is 21.7 Å². The lowest BCUT2D eigenvalue weighted by Gasteiger charge is -2.02. The van der Waals surface area contributed by atoms with Crippen LogP contribution in [0, 0.1) is 0 Å². The van der Waals surface area contributed by atoms with Crippen LogP contribution >= 0.6 is 31.9 Å². The molecule has 0 aliphatic heterocycles. The van der Waals surface area contributed by atoms with Crippen molar-refractivity contribution in [3.05, 3.63) is 51.8 Å². The first-order chi connectivity index (χ1) is 9.10. The van der Waals surface area contributed by atoms with Crippen LogP contribution in [-0.2, 0) is 23.7 Å². The van der Waals surface area contributed by atoms with Gasteiger partial charge in [0.2, 0.25) is 0 Å². The number of hydrogen-bond donors (Lipinski definition) is 0. The molecule has 0 atom stereocenters. The van der Waals surface area contributed by atoms with E-state index >= 15 is 0 Å². The fraction of sp³-hybridized carbons (Fsp3) is 0.231. The molecule has 1 aromatic heterocycles. The Balaban J connectivity index is 1.98. The average Bonchev–Trinajstić information content (AvgIpc) is 2.77. The van der Waals surface area contributed by atoms with Gasteiger partial charge in [-0.2, -0.15) is 5.10 Å². The van der Waals surface area contributed by atoms with Crippen molar-refractivity contribution in [1.29, 1.82) is 0 Å². The third-order valence-corrected chi connectivity index (χ3v) is 3.70. The number of hydrogen-bond acceptors (Lipinski definition) is 3. The number of rotatable bonds is 4. The maximum absolute atomic E-state index is 11.8. The summed E-state index contributed by atoms with van der Waals surface area (Å²) in [5.41, 5.74) is 2.30. The lowest BCUT2D eigenvalue weighted by Crippen LogP contribution is -2.05. The monoisotopic (exact) mass is 386 g/mol. The van der Waals surface area contributed by atoms with Crippen LogP contribution in [0.2, 0.25) is 0 Å². The van der Waals surface area contributed by atoms with Gasteiger partial charge in [0.25, 0.3) is 0 Å². The Morgan fingerprint density at radius 2 is 2.05 bits per heavy atom. The summed E-state index contributed by atoms with van der Waals surface area (Å²) in [6, 6.07) is 8.95. The molecule has 19 heavy (non-hydrogen) atoms. The van der Waals surface area contributed by atoms with E-state index in [4.69, 9.17) is 4.74 Å². The van der Waals surface area contributed by atoms with Gasteiger partial charge in [-0.1, -0.05) is 31.9 Å². The summed E-state index contributed by atoms with van der Waals surface area (Å²) in [4.78, 5) is 11.8. The third-order valence-electron chi connectivity index (χ3n) is 2.60. The molecule has 0 radical (unpaired) electrons. The van der Waals surface area contributed by atoms with Crippen molar-refractivity contribution in [3.8, 4) is 0 Å². The van der Waals surface area contributed by atoms with Crippen LogP contribution in [0.15, 0.2) is 34.8 Å². The zero-order valence-electron chi connectivity index (χ0n) is 10.3. The number of halogens is 2. The number of aryl methyl sites for hydroxylation is 1. The van der Waals surface area contributed by atoms with Crippen molar-refractivity contribution < 1.29 is 9.53 Å². The summed E-state index contributed by atoms with van der Waals surface area (Å²) < 4.78 is 7.91. The third kappa shape index (κ3) is 3.67. The maximum atomic E-state index is 11.8. The van der Waals surface area contributed by atoms with Gasteiger partial charge in [0.15, 0.2) is 0 Å². The first-order valence-corrected chi connectivity index (χ1v) is 7.52. The van der Waals surface area contributed by atoms with E-state index in [0.717, 1.165) is 21.2 Å². The summed E-state index contributed by atoms with van der Waals surface area (Å²) in [6.07, 6.45) is 0. The van der Waals surface area contributed by atoms with Gasteiger partial charge in [-0.3, -0.25) is 4.68 Å². The number of carbonyl (C=O) groups excluding carboxylic acids is 1. The van der Waals surface area contributed by atoms with E-state index in [0.29, 0.717) is 5.56 Å². The number of esters is 1. The Bertz CT molecular complexity index is 579. The molecule has 0 fully saturated rings. The molecular formula is C13H12Br2N2O2. The highest BCUT2D eigenvalue weighted by Gasteiger charge is 2.09. The average molecular weight is 388 g/mol. The number of ether oxygens (including phenoxy) is 1. The minimum Gasteiger partial charge on any atom is -0.456 e. The van der Waals surface area contributed by atoms with E-state index in [1.54, 1.807) is 28.9 Å². The van der Waals surface area contributed by atoms with Crippen LogP contribution < -0.4 is 0 Å². The Labute approximate surface area is 128 Å². The van der Waals surface area contributed by atoms with E-state index in [1.165, 1.54) is 0 Å². The normalized spacial score (nSPS) is 10.5. The highest BCUT2D eigenvalue weighted by Crippen LogP contribution is 2.13. The van der Waals surface area contributed by atoms with Gasteiger partial charge in [0.1, 0.15) is 12.3 Å². The van der Waals surface area contributed by atoms with Gasteiger partial charge < -0.3 is 4.74 Å². The van der Waals surface area contributed by atoms with E-state index < -0.39 is 0 Å². The molecule has 0 bridgehead atoms. The number of nitrogens with zero attached hydrogens (tertiary/aromatic N) is 2. The zero-order chi connectivity index (χ0) is 13.8. The maximum Gasteiger partial charge on any atom is 0.338 e. The van der Waals surface area contributed by atoms with Crippen LogP contribution in [0.5, 0.6) is 0 Å². The molecule has 0 N–H and O–H groups in total. The standard InChI is InChI=1S/C13H12Br2N2O2/c1-17-12(7-14)6-11(16-17)8-19-13(18)9-2-4-10(15)5-3-9/h2-6H,7-8H2,1H3. The van der Waals surface area contributed by atoms with Gasteiger partial charge in [-0.15, -0.1) is 0 Å². The summed E-state index contributed by atoms with van der Waals surface area (Å²) in [7, 11) is 1.86. The second-order valence-electron chi connectivity index (χ2n) is 3.97.